The lowest BCUT2D eigenvalue weighted by Gasteiger charge is -2.25. The Morgan fingerprint density at radius 2 is 1.69 bits per heavy atom. The average Bonchev–Trinajstić information content (AvgIpc) is 2.10. The minimum absolute atomic E-state index is 0.183. The monoisotopic (exact) mass is 247 g/mol. The van der Waals surface area contributed by atoms with E-state index in [1.807, 2.05) is 13.8 Å². The third-order valence-electron chi connectivity index (χ3n) is 2.09. The normalized spacial score (nSPS) is 12.8. The summed E-state index contributed by atoms with van der Waals surface area (Å²) < 4.78 is 24.0. The highest BCUT2D eigenvalue weighted by Crippen LogP contribution is 2.10. The van der Waals surface area contributed by atoms with Crippen LogP contribution >= 0.6 is 0 Å². The Kier molecular flexibility index (Phi) is 4.99. The van der Waals surface area contributed by atoms with Gasteiger partial charge in [-0.1, -0.05) is 20.4 Å². The second kappa shape index (κ2) is 5.34. The van der Waals surface area contributed by atoms with E-state index in [0.29, 0.717) is 11.7 Å². The van der Waals surface area contributed by atoms with Crippen LogP contribution in [0.2, 0.25) is 0 Å². The van der Waals surface area contributed by atoms with Gasteiger partial charge in [0.1, 0.15) is 0 Å². The fourth-order valence-electron chi connectivity index (χ4n) is 0.858. The maximum atomic E-state index is 11.4. The molecule has 94 valence electrons. The summed E-state index contributed by atoms with van der Waals surface area (Å²) in [5.74, 6) is 0.545. The van der Waals surface area contributed by atoms with Gasteiger partial charge in [0.2, 0.25) is 16.0 Å². The van der Waals surface area contributed by atoms with Crippen LogP contribution in [0.15, 0.2) is 17.3 Å². The Bertz CT molecular complexity index is 383. The molecule has 0 saturated heterocycles. The predicted octanol–water partition coefficient (Wildman–Crippen LogP) is 0.965. The van der Waals surface area contributed by atoms with Gasteiger partial charge in [-0.2, -0.15) is 0 Å². The molecule has 0 rings (SSSR count). The first-order valence-corrected chi connectivity index (χ1v) is 6.81. The quantitative estimate of drug-likeness (QED) is 0.551. The molecule has 0 amide bonds. The highest BCUT2D eigenvalue weighted by Gasteiger charge is 2.18. The van der Waals surface area contributed by atoms with Crippen LogP contribution in [-0.2, 0) is 10.0 Å². The van der Waals surface area contributed by atoms with E-state index in [4.69, 9.17) is 0 Å². The van der Waals surface area contributed by atoms with E-state index in [2.05, 4.69) is 11.6 Å². The summed E-state index contributed by atoms with van der Waals surface area (Å²) in [6.07, 6.45) is 1.14. The summed E-state index contributed by atoms with van der Waals surface area (Å²) in [7, 11) is 1.66. The molecule has 0 aliphatic heterocycles. The van der Waals surface area contributed by atoms with E-state index in [1.54, 1.807) is 19.0 Å². The molecule has 0 atom stereocenters. The number of nitrogens with zero attached hydrogens (tertiary/aromatic N) is 3. The Morgan fingerprint density at radius 1 is 1.25 bits per heavy atom. The van der Waals surface area contributed by atoms with Crippen molar-refractivity contribution in [1.82, 2.24) is 9.21 Å². The lowest BCUT2D eigenvalue weighted by Crippen LogP contribution is -2.41. The largest absolute Gasteiger partial charge is 0.348 e. The Labute approximate surface area is 98.5 Å². The summed E-state index contributed by atoms with van der Waals surface area (Å²) in [5, 5.41) is 0. The zero-order chi connectivity index (χ0) is 13.1. The number of sulfonamides is 1. The Balaban J connectivity index is 5.27. The lowest BCUT2D eigenvalue weighted by atomic mass is 10.2. The third kappa shape index (κ3) is 4.22. The van der Waals surface area contributed by atoms with E-state index in [1.165, 1.54) is 7.05 Å². The van der Waals surface area contributed by atoms with E-state index >= 15 is 0 Å². The molecule has 0 N–H and O–H groups in total. The number of guanidine groups is 1. The van der Waals surface area contributed by atoms with Crippen LogP contribution in [0.3, 0.4) is 0 Å². The van der Waals surface area contributed by atoms with Gasteiger partial charge in [-0.15, -0.1) is 0 Å². The average molecular weight is 247 g/mol. The van der Waals surface area contributed by atoms with Gasteiger partial charge < -0.3 is 4.90 Å². The number of allylic oxidation sites excluding steroid dienone is 1. The first-order chi connectivity index (χ1) is 7.07. The van der Waals surface area contributed by atoms with Crippen molar-refractivity contribution in [1.29, 1.82) is 0 Å². The molecule has 0 aromatic heterocycles. The predicted molar refractivity (Wildman–Crippen MR) is 67.7 cm³/mol. The molecule has 0 aliphatic carbocycles. The first kappa shape index (κ1) is 15.0. The Hall–Kier alpha value is -1.04. The maximum Gasteiger partial charge on any atom is 0.234 e. The number of aliphatic imine (C=N–C) groups is 1. The van der Waals surface area contributed by atoms with Crippen LogP contribution < -0.4 is 0 Å². The van der Waals surface area contributed by atoms with Crippen LogP contribution in [0.4, 0.5) is 0 Å². The van der Waals surface area contributed by atoms with Crippen molar-refractivity contribution in [2.45, 2.75) is 13.8 Å². The molecule has 0 aliphatic rings. The Morgan fingerprint density at radius 3 is 1.94 bits per heavy atom. The number of hydrogen-bond acceptors (Lipinski definition) is 3. The highest BCUT2D eigenvalue weighted by molar-refractivity contribution is 7.88. The fourth-order valence-corrected chi connectivity index (χ4v) is 1.36. The van der Waals surface area contributed by atoms with Crippen molar-refractivity contribution in [2.24, 2.45) is 10.9 Å². The number of hydrogen-bond donors (Lipinski definition) is 0. The van der Waals surface area contributed by atoms with Gasteiger partial charge in [0.25, 0.3) is 0 Å². The topological polar surface area (TPSA) is 53.0 Å². The van der Waals surface area contributed by atoms with Crippen molar-refractivity contribution >= 4 is 16.0 Å². The molecule has 16 heavy (non-hydrogen) atoms. The minimum Gasteiger partial charge on any atom is -0.348 e. The van der Waals surface area contributed by atoms with E-state index in [9.17, 15) is 8.42 Å². The molecular weight excluding hydrogens is 226 g/mol. The summed E-state index contributed by atoms with van der Waals surface area (Å²) in [5.41, 5.74) is 0.652. The van der Waals surface area contributed by atoms with Gasteiger partial charge in [0, 0.05) is 26.8 Å². The summed E-state index contributed by atoms with van der Waals surface area (Å²) in [4.78, 5) is 5.88. The molecule has 0 aromatic carbocycles. The standard InChI is InChI=1S/C10H21N3O2S/c1-8(2)9(3)11-10(12(4)5)13(6)16(7,14)15/h8H,3H2,1-2,4-7H3. The van der Waals surface area contributed by atoms with Crippen molar-refractivity contribution in [3.63, 3.8) is 0 Å². The fraction of sp³-hybridized carbons (Fsp3) is 0.700. The molecule has 0 bridgehead atoms. The van der Waals surface area contributed by atoms with Crippen LogP contribution in [-0.4, -0.2) is 51.0 Å². The number of rotatable bonds is 3. The summed E-state index contributed by atoms with van der Waals surface area (Å²) >= 11 is 0. The molecule has 0 heterocycles. The van der Waals surface area contributed by atoms with Crippen LogP contribution in [0.1, 0.15) is 13.8 Å². The highest BCUT2D eigenvalue weighted by atomic mass is 32.2. The van der Waals surface area contributed by atoms with Gasteiger partial charge in [0.15, 0.2) is 0 Å². The van der Waals surface area contributed by atoms with Crippen molar-refractivity contribution < 1.29 is 8.42 Å². The summed E-state index contributed by atoms with van der Waals surface area (Å²) in [6.45, 7) is 7.72. The zero-order valence-electron chi connectivity index (χ0n) is 10.9. The van der Waals surface area contributed by atoms with E-state index < -0.39 is 10.0 Å². The van der Waals surface area contributed by atoms with Crippen molar-refractivity contribution in [3.8, 4) is 0 Å². The van der Waals surface area contributed by atoms with E-state index in [0.717, 1.165) is 10.6 Å². The molecule has 0 spiro atoms. The molecule has 0 radical (unpaired) electrons. The smallest absolute Gasteiger partial charge is 0.234 e. The second-order valence-corrected chi connectivity index (χ2v) is 6.20. The summed E-state index contributed by atoms with van der Waals surface area (Å²) in [6, 6.07) is 0. The molecule has 6 heteroatoms. The molecule has 5 nitrogen and oxygen atoms in total. The molecule has 0 saturated carbocycles. The van der Waals surface area contributed by atoms with Crippen molar-refractivity contribution in [2.75, 3.05) is 27.4 Å². The van der Waals surface area contributed by atoms with E-state index in [-0.39, 0.29) is 5.92 Å². The molecule has 0 aromatic rings. The van der Waals surface area contributed by atoms with Crippen LogP contribution in [0.25, 0.3) is 0 Å². The first-order valence-electron chi connectivity index (χ1n) is 4.96. The minimum atomic E-state index is -3.30. The van der Waals surface area contributed by atoms with Crippen LogP contribution in [0.5, 0.6) is 0 Å². The van der Waals surface area contributed by atoms with Gasteiger partial charge in [-0.05, 0) is 5.92 Å². The molecule has 0 unspecified atom stereocenters. The van der Waals surface area contributed by atoms with Gasteiger partial charge in [0.05, 0.1) is 6.26 Å². The molecule has 0 fully saturated rings. The maximum absolute atomic E-state index is 11.4. The van der Waals surface area contributed by atoms with Gasteiger partial charge >= 0.3 is 0 Å². The third-order valence-corrected chi connectivity index (χ3v) is 3.25. The molecular formula is C10H21N3O2S. The van der Waals surface area contributed by atoms with Gasteiger partial charge in [-0.3, -0.25) is 0 Å². The van der Waals surface area contributed by atoms with Crippen molar-refractivity contribution in [3.05, 3.63) is 12.3 Å². The van der Waals surface area contributed by atoms with Gasteiger partial charge in [-0.25, -0.2) is 17.7 Å². The second-order valence-electron chi connectivity index (χ2n) is 4.18. The SMILES string of the molecule is C=C(N=C(N(C)C)N(C)S(C)(=O)=O)C(C)C. The zero-order valence-corrected chi connectivity index (χ0v) is 11.7. The van der Waals surface area contributed by atoms with Crippen LogP contribution in [0, 0.1) is 5.92 Å². The lowest BCUT2D eigenvalue weighted by molar-refractivity contribution is 0.505.